The molecule has 0 saturated carbocycles. The Morgan fingerprint density at radius 2 is 2.20 bits per heavy atom. The van der Waals surface area contributed by atoms with Gasteiger partial charge in [-0.2, -0.15) is 5.10 Å². The number of nitrogens with one attached hydrogen (secondary N) is 1. The van der Waals surface area contributed by atoms with E-state index in [-0.39, 0.29) is 5.97 Å². The Hall–Kier alpha value is -1.52. The second-order valence-electron chi connectivity index (χ2n) is 3.18. The summed E-state index contributed by atoms with van der Waals surface area (Å²) < 4.78 is 6.52. The minimum atomic E-state index is -0.337. The Balaban J connectivity index is 3.08. The maximum absolute atomic E-state index is 11.7. The highest BCUT2D eigenvalue weighted by Gasteiger charge is 2.20. The van der Waals surface area contributed by atoms with Gasteiger partial charge in [-0.3, -0.25) is 4.68 Å². The summed E-state index contributed by atoms with van der Waals surface area (Å²) >= 11 is 0. The van der Waals surface area contributed by atoms with Gasteiger partial charge < -0.3 is 10.1 Å². The van der Waals surface area contributed by atoms with Crippen molar-refractivity contribution < 1.29 is 9.53 Å². The minimum Gasteiger partial charge on any atom is -0.461 e. The average molecular weight is 211 g/mol. The molecule has 1 aromatic rings. The van der Waals surface area contributed by atoms with Gasteiger partial charge in [-0.1, -0.05) is 0 Å². The van der Waals surface area contributed by atoms with Crippen LogP contribution in [0, 0.1) is 6.92 Å². The van der Waals surface area contributed by atoms with Crippen molar-refractivity contribution in [3.05, 3.63) is 11.4 Å². The molecule has 5 nitrogen and oxygen atoms in total. The summed E-state index contributed by atoms with van der Waals surface area (Å²) in [7, 11) is 1.74. The van der Waals surface area contributed by atoms with Crippen LogP contribution >= 0.6 is 0 Å². The van der Waals surface area contributed by atoms with Crippen LogP contribution in [0.5, 0.6) is 0 Å². The average Bonchev–Trinajstić information content (AvgIpc) is 2.43. The van der Waals surface area contributed by atoms with E-state index in [1.165, 1.54) is 0 Å². The van der Waals surface area contributed by atoms with E-state index in [0.29, 0.717) is 12.3 Å². The molecule has 1 aromatic heterocycles. The Morgan fingerprint density at radius 3 is 2.73 bits per heavy atom. The maximum Gasteiger partial charge on any atom is 0.358 e. The lowest BCUT2D eigenvalue weighted by atomic mass is 10.3. The summed E-state index contributed by atoms with van der Waals surface area (Å²) in [6, 6.07) is 0. The van der Waals surface area contributed by atoms with Crippen molar-refractivity contribution in [3.8, 4) is 0 Å². The number of rotatable bonds is 4. The number of carbonyl (C=O) groups is 1. The van der Waals surface area contributed by atoms with E-state index >= 15 is 0 Å². The van der Waals surface area contributed by atoms with Crippen molar-refractivity contribution >= 4 is 11.7 Å². The molecule has 0 unspecified atom stereocenters. The largest absolute Gasteiger partial charge is 0.461 e. The van der Waals surface area contributed by atoms with Gasteiger partial charge in [-0.25, -0.2) is 4.79 Å². The molecule has 0 atom stereocenters. The Kier molecular flexibility index (Phi) is 3.71. The van der Waals surface area contributed by atoms with Gasteiger partial charge >= 0.3 is 5.97 Å². The van der Waals surface area contributed by atoms with Gasteiger partial charge in [0.2, 0.25) is 0 Å². The van der Waals surface area contributed by atoms with E-state index in [9.17, 15) is 4.79 Å². The van der Waals surface area contributed by atoms with E-state index in [4.69, 9.17) is 4.74 Å². The van der Waals surface area contributed by atoms with Crippen molar-refractivity contribution in [2.45, 2.75) is 20.8 Å². The summed E-state index contributed by atoms with van der Waals surface area (Å²) in [5.41, 5.74) is 2.05. The smallest absolute Gasteiger partial charge is 0.358 e. The normalized spacial score (nSPS) is 10.1. The maximum atomic E-state index is 11.7. The molecular weight excluding hydrogens is 194 g/mol. The first-order chi connectivity index (χ1) is 7.11. The van der Waals surface area contributed by atoms with Gasteiger partial charge in [-0.05, 0) is 20.8 Å². The lowest BCUT2D eigenvalue weighted by molar-refractivity contribution is 0.0515. The summed E-state index contributed by atoms with van der Waals surface area (Å²) in [6.07, 6.45) is 0. The molecule has 1 N–H and O–H groups in total. The Labute approximate surface area is 89.4 Å². The fourth-order valence-corrected chi connectivity index (χ4v) is 1.48. The van der Waals surface area contributed by atoms with Gasteiger partial charge in [0.05, 0.1) is 18.0 Å². The monoisotopic (exact) mass is 211 g/mol. The molecule has 0 aromatic carbocycles. The van der Waals surface area contributed by atoms with Crippen LogP contribution in [0.2, 0.25) is 0 Å². The summed E-state index contributed by atoms with van der Waals surface area (Å²) in [5, 5.41) is 7.31. The van der Waals surface area contributed by atoms with Gasteiger partial charge in [-0.15, -0.1) is 0 Å². The molecule has 0 aliphatic heterocycles. The molecule has 0 saturated heterocycles. The van der Waals surface area contributed by atoms with E-state index < -0.39 is 0 Å². The molecule has 1 heterocycles. The zero-order valence-electron chi connectivity index (χ0n) is 9.63. The molecule has 15 heavy (non-hydrogen) atoms. The molecule has 0 aliphatic carbocycles. The lowest BCUT2D eigenvalue weighted by Crippen LogP contribution is -2.13. The molecule has 84 valence electrons. The van der Waals surface area contributed by atoms with Crippen molar-refractivity contribution in [1.29, 1.82) is 0 Å². The molecule has 0 spiro atoms. The van der Waals surface area contributed by atoms with E-state index in [1.807, 2.05) is 13.8 Å². The van der Waals surface area contributed by atoms with Crippen LogP contribution in [-0.4, -0.2) is 28.9 Å². The standard InChI is InChI=1S/C10H17N3O2/c1-5-11-8-7(3)12-13(4)9(8)10(14)15-6-2/h11H,5-6H2,1-4H3. The van der Waals surface area contributed by atoms with Gasteiger partial charge in [0, 0.05) is 13.6 Å². The summed E-state index contributed by atoms with van der Waals surface area (Å²) in [6.45, 7) is 6.74. The quantitative estimate of drug-likeness (QED) is 0.763. The van der Waals surface area contributed by atoms with E-state index in [2.05, 4.69) is 10.4 Å². The Morgan fingerprint density at radius 1 is 1.53 bits per heavy atom. The van der Waals surface area contributed by atoms with Crippen molar-refractivity contribution in [3.63, 3.8) is 0 Å². The van der Waals surface area contributed by atoms with Crippen LogP contribution < -0.4 is 5.32 Å². The molecule has 0 aliphatic rings. The number of aromatic nitrogens is 2. The highest BCUT2D eigenvalue weighted by molar-refractivity contribution is 5.94. The SMILES string of the molecule is CCNc1c(C)nn(C)c1C(=O)OCC. The Bertz CT molecular complexity index is 358. The second-order valence-corrected chi connectivity index (χ2v) is 3.18. The number of aryl methyl sites for hydroxylation is 2. The molecule has 1 rings (SSSR count). The fraction of sp³-hybridized carbons (Fsp3) is 0.600. The molecule has 0 bridgehead atoms. The number of hydrogen-bond donors (Lipinski definition) is 1. The number of hydrogen-bond acceptors (Lipinski definition) is 4. The highest BCUT2D eigenvalue weighted by atomic mass is 16.5. The number of carbonyl (C=O) groups excluding carboxylic acids is 1. The first-order valence-corrected chi connectivity index (χ1v) is 5.06. The van der Waals surface area contributed by atoms with Crippen molar-refractivity contribution in [2.24, 2.45) is 7.05 Å². The highest BCUT2D eigenvalue weighted by Crippen LogP contribution is 2.20. The molecule has 0 radical (unpaired) electrons. The van der Waals surface area contributed by atoms with Crippen LogP contribution in [0.1, 0.15) is 30.0 Å². The van der Waals surface area contributed by atoms with Gasteiger partial charge in [0.15, 0.2) is 5.69 Å². The van der Waals surface area contributed by atoms with E-state index in [0.717, 1.165) is 17.9 Å². The molecule has 0 fully saturated rings. The third-order valence-corrected chi connectivity index (χ3v) is 2.04. The third-order valence-electron chi connectivity index (χ3n) is 2.04. The van der Waals surface area contributed by atoms with Crippen LogP contribution in [0.25, 0.3) is 0 Å². The lowest BCUT2D eigenvalue weighted by Gasteiger charge is -2.06. The number of ether oxygens (including phenoxy) is 1. The summed E-state index contributed by atoms with van der Waals surface area (Å²) in [5.74, 6) is -0.337. The molecular formula is C10H17N3O2. The van der Waals surface area contributed by atoms with Crippen LogP contribution in [0.4, 0.5) is 5.69 Å². The van der Waals surface area contributed by atoms with Gasteiger partial charge in [0.25, 0.3) is 0 Å². The topological polar surface area (TPSA) is 56.2 Å². The summed E-state index contributed by atoms with van der Waals surface area (Å²) in [4.78, 5) is 11.7. The fourth-order valence-electron chi connectivity index (χ4n) is 1.48. The minimum absolute atomic E-state index is 0.337. The predicted molar refractivity (Wildman–Crippen MR) is 58.1 cm³/mol. The van der Waals surface area contributed by atoms with Crippen LogP contribution in [0.15, 0.2) is 0 Å². The first-order valence-electron chi connectivity index (χ1n) is 5.06. The zero-order chi connectivity index (χ0) is 11.4. The number of nitrogens with zero attached hydrogens (tertiary/aromatic N) is 2. The second kappa shape index (κ2) is 4.82. The zero-order valence-corrected chi connectivity index (χ0v) is 9.63. The van der Waals surface area contributed by atoms with Crippen molar-refractivity contribution in [1.82, 2.24) is 9.78 Å². The third kappa shape index (κ3) is 2.29. The van der Waals surface area contributed by atoms with Gasteiger partial charge in [0.1, 0.15) is 0 Å². The van der Waals surface area contributed by atoms with Crippen LogP contribution in [-0.2, 0) is 11.8 Å². The molecule has 5 heteroatoms. The number of anilines is 1. The van der Waals surface area contributed by atoms with E-state index in [1.54, 1.807) is 18.7 Å². The predicted octanol–water partition coefficient (Wildman–Crippen LogP) is 1.34. The van der Waals surface area contributed by atoms with Crippen molar-refractivity contribution in [2.75, 3.05) is 18.5 Å². The molecule has 0 amide bonds. The first kappa shape index (κ1) is 11.6. The van der Waals surface area contributed by atoms with Crippen LogP contribution in [0.3, 0.4) is 0 Å². The number of esters is 1.